The van der Waals surface area contributed by atoms with Gasteiger partial charge in [-0.25, -0.2) is 0 Å². The van der Waals surface area contributed by atoms with Crippen LogP contribution in [0.3, 0.4) is 0 Å². The van der Waals surface area contributed by atoms with Crippen molar-refractivity contribution in [3.05, 3.63) is 60.6 Å². The van der Waals surface area contributed by atoms with E-state index in [2.05, 4.69) is 24.7 Å². The van der Waals surface area contributed by atoms with E-state index < -0.39 is 0 Å². The number of benzene rings is 1. The van der Waals surface area contributed by atoms with Gasteiger partial charge in [0, 0.05) is 46.7 Å². The van der Waals surface area contributed by atoms with Crippen LogP contribution in [0.5, 0.6) is 0 Å². The highest BCUT2D eigenvalue weighted by molar-refractivity contribution is 8.00. The number of fused-ring (bicyclic) bond motifs is 1. The first-order valence-corrected chi connectivity index (χ1v) is 10.2. The molecule has 0 unspecified atom stereocenters. The summed E-state index contributed by atoms with van der Waals surface area (Å²) in [5.41, 5.74) is 2.70. The lowest BCUT2D eigenvalue weighted by Crippen LogP contribution is -2.14. The van der Waals surface area contributed by atoms with Crippen LogP contribution in [0, 0.1) is 0 Å². The normalized spacial score (nSPS) is 15.0. The van der Waals surface area contributed by atoms with Gasteiger partial charge in [-0.1, -0.05) is 30.0 Å². The third kappa shape index (κ3) is 3.01. The quantitative estimate of drug-likeness (QED) is 0.388. The number of rotatable bonds is 6. The highest BCUT2D eigenvalue weighted by atomic mass is 32.2. The fourth-order valence-corrected chi connectivity index (χ4v) is 4.41. The SMILES string of the molecule is C[C@@H](Sc1nnc(-c2ccncc2)n1C1CC1)C(=O)c1c[nH]c2ccccc12. The van der Waals surface area contributed by atoms with E-state index in [1.807, 2.05) is 43.3 Å². The van der Waals surface area contributed by atoms with Crippen molar-refractivity contribution in [2.75, 3.05) is 0 Å². The number of carbonyl (C=O) groups is 1. The Bertz CT molecular complexity index is 1150. The highest BCUT2D eigenvalue weighted by Gasteiger charge is 2.32. The second-order valence-corrected chi connectivity index (χ2v) is 8.32. The fourth-order valence-electron chi connectivity index (χ4n) is 3.42. The molecule has 0 aliphatic heterocycles. The van der Waals surface area contributed by atoms with Crippen LogP contribution in [-0.2, 0) is 0 Å². The number of carbonyl (C=O) groups excluding carboxylic acids is 1. The van der Waals surface area contributed by atoms with Gasteiger partial charge in [-0.2, -0.15) is 0 Å². The van der Waals surface area contributed by atoms with Gasteiger partial charge in [0.15, 0.2) is 16.8 Å². The van der Waals surface area contributed by atoms with Crippen molar-refractivity contribution in [1.82, 2.24) is 24.7 Å². The molecule has 1 atom stereocenters. The van der Waals surface area contributed by atoms with Crippen LogP contribution in [0.4, 0.5) is 0 Å². The van der Waals surface area contributed by atoms with Crippen molar-refractivity contribution in [3.8, 4) is 11.4 Å². The number of hydrogen-bond acceptors (Lipinski definition) is 5. The van der Waals surface area contributed by atoms with Gasteiger partial charge in [0.25, 0.3) is 0 Å². The van der Waals surface area contributed by atoms with Crippen LogP contribution in [0.15, 0.2) is 60.1 Å². The Morgan fingerprint density at radius 3 is 2.75 bits per heavy atom. The molecule has 0 saturated heterocycles. The molecule has 140 valence electrons. The van der Waals surface area contributed by atoms with Gasteiger partial charge >= 0.3 is 0 Å². The summed E-state index contributed by atoms with van der Waals surface area (Å²) in [5, 5.41) is 10.3. The van der Waals surface area contributed by atoms with E-state index in [0.717, 1.165) is 45.9 Å². The second-order valence-electron chi connectivity index (χ2n) is 7.02. The zero-order valence-electron chi connectivity index (χ0n) is 15.4. The Balaban J connectivity index is 1.44. The number of nitrogens with zero attached hydrogens (tertiary/aromatic N) is 4. The van der Waals surface area contributed by atoms with Crippen molar-refractivity contribution in [2.24, 2.45) is 0 Å². The van der Waals surface area contributed by atoms with Crippen LogP contribution >= 0.6 is 11.8 Å². The van der Waals surface area contributed by atoms with Gasteiger partial charge in [0.2, 0.25) is 0 Å². The zero-order chi connectivity index (χ0) is 19.1. The third-order valence-electron chi connectivity index (χ3n) is 5.02. The van der Waals surface area contributed by atoms with Crippen LogP contribution in [0.1, 0.15) is 36.2 Å². The lowest BCUT2D eigenvalue weighted by molar-refractivity contribution is 0.0995. The first-order valence-electron chi connectivity index (χ1n) is 9.34. The summed E-state index contributed by atoms with van der Waals surface area (Å²) in [6.45, 7) is 1.94. The summed E-state index contributed by atoms with van der Waals surface area (Å²) in [6.07, 6.45) is 7.56. The molecule has 0 amide bonds. The van der Waals surface area contributed by atoms with Gasteiger partial charge in [-0.3, -0.25) is 14.3 Å². The number of nitrogens with one attached hydrogen (secondary N) is 1. The maximum absolute atomic E-state index is 13.1. The van der Waals surface area contributed by atoms with Crippen molar-refractivity contribution in [2.45, 2.75) is 36.2 Å². The topological polar surface area (TPSA) is 76.5 Å². The minimum absolute atomic E-state index is 0.0956. The van der Waals surface area contributed by atoms with Gasteiger partial charge in [0.05, 0.1) is 5.25 Å². The molecular weight excluding hydrogens is 370 g/mol. The fraction of sp³-hybridized carbons (Fsp3) is 0.238. The number of para-hydroxylation sites is 1. The molecule has 1 aliphatic carbocycles. The van der Waals surface area contributed by atoms with Crippen LogP contribution < -0.4 is 0 Å². The maximum atomic E-state index is 13.1. The number of Topliss-reactive ketones (excluding diaryl/α,β-unsaturated/α-hetero) is 1. The molecule has 0 spiro atoms. The van der Waals surface area contributed by atoms with Crippen molar-refractivity contribution in [3.63, 3.8) is 0 Å². The van der Waals surface area contributed by atoms with E-state index in [-0.39, 0.29) is 11.0 Å². The first kappa shape index (κ1) is 17.2. The van der Waals surface area contributed by atoms with E-state index in [0.29, 0.717) is 6.04 Å². The molecule has 5 rings (SSSR count). The number of ketones is 1. The minimum atomic E-state index is -0.258. The molecule has 0 radical (unpaired) electrons. The van der Waals surface area contributed by atoms with E-state index in [4.69, 9.17) is 0 Å². The monoisotopic (exact) mass is 389 g/mol. The summed E-state index contributed by atoms with van der Waals surface area (Å²) < 4.78 is 2.18. The van der Waals surface area contributed by atoms with E-state index in [1.54, 1.807) is 18.6 Å². The number of H-pyrrole nitrogens is 1. The van der Waals surface area contributed by atoms with Crippen molar-refractivity contribution < 1.29 is 4.79 Å². The maximum Gasteiger partial charge on any atom is 0.192 e. The molecule has 1 saturated carbocycles. The van der Waals surface area contributed by atoms with Gasteiger partial charge < -0.3 is 4.98 Å². The Kier molecular flexibility index (Phi) is 4.24. The second kappa shape index (κ2) is 6.91. The Morgan fingerprint density at radius 1 is 1.18 bits per heavy atom. The number of aromatic amines is 1. The molecule has 1 N–H and O–H groups in total. The van der Waals surface area contributed by atoms with Gasteiger partial charge in [0.1, 0.15) is 0 Å². The van der Waals surface area contributed by atoms with Crippen LogP contribution in [0.25, 0.3) is 22.3 Å². The molecule has 4 aromatic rings. The van der Waals surface area contributed by atoms with Gasteiger partial charge in [-0.15, -0.1) is 10.2 Å². The molecule has 1 aliphatic rings. The molecule has 6 nitrogen and oxygen atoms in total. The Hall–Kier alpha value is -2.93. The summed E-state index contributed by atoms with van der Waals surface area (Å²) in [6, 6.07) is 12.2. The van der Waals surface area contributed by atoms with Crippen molar-refractivity contribution in [1.29, 1.82) is 0 Å². The molecule has 3 aromatic heterocycles. The molecular formula is C21H19N5OS. The summed E-state index contributed by atoms with van der Waals surface area (Å²) in [5.74, 6) is 0.942. The highest BCUT2D eigenvalue weighted by Crippen LogP contribution is 2.42. The predicted molar refractivity (Wildman–Crippen MR) is 109 cm³/mol. The van der Waals surface area contributed by atoms with Crippen molar-refractivity contribution >= 4 is 28.4 Å². The zero-order valence-corrected chi connectivity index (χ0v) is 16.2. The first-order chi connectivity index (χ1) is 13.7. The van der Waals surface area contributed by atoms with E-state index >= 15 is 0 Å². The summed E-state index contributed by atoms with van der Waals surface area (Å²) >= 11 is 1.48. The molecule has 0 bridgehead atoms. The average Bonchev–Trinajstić information content (AvgIpc) is 3.34. The largest absolute Gasteiger partial charge is 0.360 e. The minimum Gasteiger partial charge on any atom is -0.360 e. The number of hydrogen-bond donors (Lipinski definition) is 1. The molecule has 28 heavy (non-hydrogen) atoms. The van der Waals surface area contributed by atoms with E-state index in [1.165, 1.54) is 11.8 Å². The average molecular weight is 389 g/mol. The smallest absolute Gasteiger partial charge is 0.192 e. The van der Waals surface area contributed by atoms with E-state index in [9.17, 15) is 4.79 Å². The summed E-state index contributed by atoms with van der Waals surface area (Å²) in [7, 11) is 0. The molecule has 1 fully saturated rings. The van der Waals surface area contributed by atoms with Crippen LogP contribution in [-0.4, -0.2) is 35.8 Å². The Labute approximate surface area is 166 Å². The number of aromatic nitrogens is 5. The Morgan fingerprint density at radius 2 is 1.96 bits per heavy atom. The summed E-state index contributed by atoms with van der Waals surface area (Å²) in [4.78, 5) is 20.4. The number of thioether (sulfide) groups is 1. The van der Waals surface area contributed by atoms with Gasteiger partial charge in [-0.05, 0) is 38.0 Å². The lowest BCUT2D eigenvalue weighted by Gasteiger charge is -2.12. The van der Waals surface area contributed by atoms with Crippen LogP contribution in [0.2, 0.25) is 0 Å². The third-order valence-corrected chi connectivity index (χ3v) is 6.08. The molecule has 1 aromatic carbocycles. The predicted octanol–water partition coefficient (Wildman–Crippen LogP) is 4.52. The lowest BCUT2D eigenvalue weighted by atomic mass is 10.1. The number of pyridine rings is 1. The molecule has 7 heteroatoms. The molecule has 3 heterocycles. The standard InChI is InChI=1S/C21H19N5OS/c1-13(19(27)17-12-23-18-5-3-2-4-16(17)18)28-21-25-24-20(26(21)15-6-7-15)14-8-10-22-11-9-14/h2-5,8-13,15,23H,6-7H2,1H3/t13-/m1/s1.